The first-order valence-corrected chi connectivity index (χ1v) is 7.78. The molecule has 4 nitrogen and oxygen atoms in total. The predicted octanol–water partition coefficient (Wildman–Crippen LogP) is 1.48. The quantitative estimate of drug-likeness (QED) is 0.719. The van der Waals surface area contributed by atoms with E-state index in [9.17, 15) is 9.59 Å². The second-order valence-corrected chi connectivity index (χ2v) is 5.81. The van der Waals surface area contributed by atoms with E-state index in [-0.39, 0.29) is 21.8 Å². The second kappa shape index (κ2) is 6.62. The maximum atomic E-state index is 12.2. The number of nitrogens with one attached hydrogen (secondary N) is 2. The van der Waals surface area contributed by atoms with Crippen LogP contribution in [0, 0.1) is 0 Å². The number of aromatic amines is 2. The summed E-state index contributed by atoms with van der Waals surface area (Å²) in [7, 11) is 0. The smallest absolute Gasteiger partial charge is 0.272 e. The number of benzene rings is 2. The molecule has 23 heavy (non-hydrogen) atoms. The van der Waals surface area contributed by atoms with E-state index in [4.69, 9.17) is 0 Å². The molecule has 0 aliphatic rings. The van der Waals surface area contributed by atoms with E-state index >= 15 is 0 Å². The highest BCUT2D eigenvalue weighted by Crippen LogP contribution is 2.15. The topological polar surface area (TPSA) is 65.7 Å². The maximum absolute atomic E-state index is 12.2. The lowest BCUT2D eigenvalue weighted by Crippen LogP contribution is -2.46. The van der Waals surface area contributed by atoms with Crippen LogP contribution >= 0.6 is 15.9 Å². The Balaban J connectivity index is 2.16. The van der Waals surface area contributed by atoms with Crippen molar-refractivity contribution in [1.29, 1.82) is 0 Å². The molecule has 114 valence electrons. The van der Waals surface area contributed by atoms with Crippen LogP contribution in [-0.2, 0) is 0 Å². The lowest BCUT2D eigenvalue weighted by atomic mass is 10.2. The number of halogens is 1. The van der Waals surface area contributed by atoms with E-state index in [0.29, 0.717) is 0 Å². The molecule has 0 atom stereocenters. The predicted molar refractivity (Wildman–Crippen MR) is 94.7 cm³/mol. The Morgan fingerprint density at radius 2 is 1.30 bits per heavy atom. The van der Waals surface area contributed by atoms with Gasteiger partial charge in [-0.2, -0.15) is 0 Å². The van der Waals surface area contributed by atoms with Gasteiger partial charge in [-0.15, -0.1) is 0 Å². The molecule has 2 aromatic carbocycles. The third-order valence-corrected chi connectivity index (χ3v) is 4.02. The van der Waals surface area contributed by atoms with Crippen molar-refractivity contribution in [2.24, 2.45) is 0 Å². The largest absolute Gasteiger partial charge is 0.316 e. The van der Waals surface area contributed by atoms with Crippen LogP contribution in [0.5, 0.6) is 0 Å². The zero-order valence-corrected chi connectivity index (χ0v) is 13.6. The summed E-state index contributed by atoms with van der Waals surface area (Å²) in [5, 5.41) is 0.442. The first-order valence-electron chi connectivity index (χ1n) is 6.99. The number of hydrogen-bond acceptors (Lipinski definition) is 2. The van der Waals surface area contributed by atoms with Crippen LogP contribution in [0.4, 0.5) is 0 Å². The molecule has 0 radical (unpaired) electrons. The average molecular weight is 369 g/mol. The van der Waals surface area contributed by atoms with Crippen LogP contribution in [-0.4, -0.2) is 9.97 Å². The lowest BCUT2D eigenvalue weighted by molar-refractivity contribution is 1.00. The van der Waals surface area contributed by atoms with Gasteiger partial charge in [0.15, 0.2) is 0 Å². The Hall–Kier alpha value is -2.66. The van der Waals surface area contributed by atoms with Gasteiger partial charge in [0, 0.05) is 4.47 Å². The van der Waals surface area contributed by atoms with Gasteiger partial charge in [-0.05, 0) is 29.3 Å². The lowest BCUT2D eigenvalue weighted by Gasteiger charge is -1.97. The fourth-order valence-corrected chi connectivity index (χ4v) is 2.56. The summed E-state index contributed by atoms with van der Waals surface area (Å²) in [5.41, 5.74) is 0.971. The van der Waals surface area contributed by atoms with Gasteiger partial charge in [0.1, 0.15) is 10.7 Å². The normalized spacial score (nSPS) is 12.6. The zero-order chi connectivity index (χ0) is 16.2. The molecule has 0 aliphatic carbocycles. The van der Waals surface area contributed by atoms with Crippen molar-refractivity contribution in [3.05, 3.63) is 102 Å². The molecule has 1 aromatic heterocycles. The van der Waals surface area contributed by atoms with Crippen LogP contribution < -0.4 is 21.8 Å². The van der Waals surface area contributed by atoms with Crippen molar-refractivity contribution in [3.63, 3.8) is 0 Å². The van der Waals surface area contributed by atoms with Crippen molar-refractivity contribution in [2.75, 3.05) is 0 Å². The fourth-order valence-electron chi connectivity index (χ4n) is 2.16. The van der Waals surface area contributed by atoms with Gasteiger partial charge >= 0.3 is 0 Å². The van der Waals surface area contributed by atoms with Crippen molar-refractivity contribution in [2.45, 2.75) is 0 Å². The minimum absolute atomic E-state index is 0.215. The molecule has 3 aromatic rings. The Morgan fingerprint density at radius 3 is 1.96 bits per heavy atom. The summed E-state index contributed by atoms with van der Waals surface area (Å²) >= 11 is 3.41. The molecular weight excluding hydrogens is 356 g/mol. The number of hydrogen-bond donors (Lipinski definition) is 2. The van der Waals surface area contributed by atoms with Gasteiger partial charge in [-0.1, -0.05) is 64.5 Å². The maximum Gasteiger partial charge on any atom is 0.272 e. The SMILES string of the molecule is O=c1[nH]c(=Cc2ccccc2Br)c(=O)[nH]c1=Cc1ccccc1. The zero-order valence-electron chi connectivity index (χ0n) is 12.0. The first-order chi connectivity index (χ1) is 11.1. The van der Waals surface area contributed by atoms with E-state index in [1.165, 1.54) is 0 Å². The number of H-pyrrole nitrogens is 2. The van der Waals surface area contributed by atoms with Crippen LogP contribution in [0.25, 0.3) is 12.2 Å². The second-order valence-electron chi connectivity index (χ2n) is 4.96. The van der Waals surface area contributed by atoms with Crippen LogP contribution in [0.1, 0.15) is 11.1 Å². The van der Waals surface area contributed by atoms with Crippen molar-refractivity contribution in [1.82, 2.24) is 9.97 Å². The third-order valence-electron chi connectivity index (χ3n) is 3.30. The van der Waals surface area contributed by atoms with Crippen molar-refractivity contribution >= 4 is 28.1 Å². The van der Waals surface area contributed by atoms with Crippen LogP contribution in [0.2, 0.25) is 0 Å². The first kappa shape index (κ1) is 15.2. The molecule has 0 bridgehead atoms. The third kappa shape index (κ3) is 3.57. The molecule has 0 amide bonds. The van der Waals surface area contributed by atoms with Gasteiger partial charge in [-0.3, -0.25) is 9.59 Å². The number of aromatic nitrogens is 2. The summed E-state index contributed by atoms with van der Waals surface area (Å²) < 4.78 is 0.847. The Kier molecular flexibility index (Phi) is 4.39. The van der Waals surface area contributed by atoms with Gasteiger partial charge in [0.05, 0.1) is 0 Å². The molecule has 2 N–H and O–H groups in total. The molecule has 0 aliphatic heterocycles. The Labute approximate surface area is 140 Å². The number of rotatable bonds is 2. The summed E-state index contributed by atoms with van der Waals surface area (Å²) in [6, 6.07) is 16.8. The van der Waals surface area contributed by atoms with E-state index in [1.54, 1.807) is 12.2 Å². The molecule has 0 spiro atoms. The van der Waals surface area contributed by atoms with Crippen LogP contribution in [0.15, 0.2) is 68.7 Å². The highest BCUT2D eigenvalue weighted by molar-refractivity contribution is 9.10. The molecular formula is C18H13BrN2O2. The molecule has 5 heteroatoms. The average Bonchev–Trinajstić information content (AvgIpc) is 2.55. The Bertz CT molecular complexity index is 1070. The van der Waals surface area contributed by atoms with E-state index in [0.717, 1.165) is 15.6 Å². The summed E-state index contributed by atoms with van der Waals surface area (Å²) in [6.45, 7) is 0. The van der Waals surface area contributed by atoms with E-state index < -0.39 is 0 Å². The molecule has 1 heterocycles. The van der Waals surface area contributed by atoms with Gasteiger partial charge in [0.2, 0.25) is 0 Å². The van der Waals surface area contributed by atoms with E-state index in [2.05, 4.69) is 25.9 Å². The van der Waals surface area contributed by atoms with Crippen LogP contribution in [0.3, 0.4) is 0 Å². The molecule has 0 fully saturated rings. The van der Waals surface area contributed by atoms with Crippen molar-refractivity contribution < 1.29 is 0 Å². The molecule has 3 rings (SSSR count). The van der Waals surface area contributed by atoms with Gasteiger partial charge in [-0.25, -0.2) is 0 Å². The van der Waals surface area contributed by atoms with Gasteiger partial charge in [0.25, 0.3) is 11.1 Å². The highest BCUT2D eigenvalue weighted by Gasteiger charge is 1.98. The van der Waals surface area contributed by atoms with Gasteiger partial charge < -0.3 is 9.97 Å². The van der Waals surface area contributed by atoms with E-state index in [1.807, 2.05) is 54.6 Å². The molecule has 0 saturated carbocycles. The molecule has 0 unspecified atom stereocenters. The monoisotopic (exact) mass is 368 g/mol. The highest BCUT2D eigenvalue weighted by atomic mass is 79.9. The summed E-state index contributed by atoms with van der Waals surface area (Å²) in [6.07, 6.45) is 3.28. The van der Waals surface area contributed by atoms with Crippen molar-refractivity contribution in [3.8, 4) is 0 Å². The minimum Gasteiger partial charge on any atom is -0.316 e. The molecule has 0 saturated heterocycles. The summed E-state index contributed by atoms with van der Waals surface area (Å²) in [5.74, 6) is 0. The standard InChI is InChI=1S/C18H13BrN2O2/c19-14-9-5-4-8-13(14)11-16-18(23)20-15(17(22)21-16)10-12-6-2-1-3-7-12/h1-11H,(H,20,23)(H,21,22). The Morgan fingerprint density at radius 1 is 0.739 bits per heavy atom. The minimum atomic E-state index is -0.345. The fraction of sp³-hybridized carbons (Fsp3) is 0. The summed E-state index contributed by atoms with van der Waals surface area (Å²) in [4.78, 5) is 29.7.